The Morgan fingerprint density at radius 3 is 2.81 bits per heavy atom. The normalized spacial score (nSPS) is 34.9. The number of hydrogen-bond donors (Lipinski definition) is 1. The number of nitrogens with one attached hydrogen (secondary N) is 1. The Balaban J connectivity index is 1.75. The van der Waals surface area contributed by atoms with Crippen LogP contribution in [0.2, 0.25) is 0 Å². The molecule has 1 heterocycles. The highest BCUT2D eigenvalue weighted by Gasteiger charge is 2.32. The van der Waals surface area contributed by atoms with Crippen molar-refractivity contribution in [1.29, 1.82) is 0 Å². The predicted molar refractivity (Wildman–Crippen MR) is 77.6 cm³/mol. The summed E-state index contributed by atoms with van der Waals surface area (Å²) in [7, 11) is 0. The van der Waals surface area contributed by atoms with Crippen LogP contribution in [0.15, 0.2) is 0 Å². The van der Waals surface area contributed by atoms with E-state index in [4.69, 9.17) is 0 Å². The van der Waals surface area contributed by atoms with E-state index in [2.05, 4.69) is 42.7 Å². The Kier molecular flexibility index (Phi) is 4.92. The molecule has 94 valence electrons. The molecule has 1 aliphatic carbocycles. The summed E-state index contributed by atoms with van der Waals surface area (Å²) in [5.74, 6) is 4.06. The lowest BCUT2D eigenvalue weighted by atomic mass is 9.73. The van der Waals surface area contributed by atoms with E-state index in [1.807, 2.05) is 0 Å². The summed E-state index contributed by atoms with van der Waals surface area (Å²) in [5, 5.41) is 4.71. The third kappa shape index (κ3) is 3.58. The van der Waals surface area contributed by atoms with Gasteiger partial charge in [0.25, 0.3) is 0 Å². The first-order valence-electron chi connectivity index (χ1n) is 6.61. The van der Waals surface area contributed by atoms with Gasteiger partial charge in [0.2, 0.25) is 0 Å². The van der Waals surface area contributed by atoms with Crippen LogP contribution in [0.25, 0.3) is 0 Å². The standard InChI is InChI=1S/C13H25NS2/c1-13(2)6-4-3-5-12(13)14-9-11-10-15-7-8-16-11/h11-12,14H,3-10H2,1-2H3. The lowest BCUT2D eigenvalue weighted by Crippen LogP contribution is -2.46. The lowest BCUT2D eigenvalue weighted by Gasteiger charge is -2.40. The molecule has 0 aromatic rings. The maximum Gasteiger partial charge on any atom is 0.0263 e. The molecular weight excluding hydrogens is 234 g/mol. The van der Waals surface area contributed by atoms with E-state index in [0.29, 0.717) is 5.41 Å². The minimum Gasteiger partial charge on any atom is -0.312 e. The highest BCUT2D eigenvalue weighted by molar-refractivity contribution is 8.06. The summed E-state index contributed by atoms with van der Waals surface area (Å²) in [6.07, 6.45) is 5.64. The first-order chi connectivity index (χ1) is 7.68. The second kappa shape index (κ2) is 6.01. The minimum atomic E-state index is 0.519. The van der Waals surface area contributed by atoms with Gasteiger partial charge in [-0.3, -0.25) is 0 Å². The molecule has 2 fully saturated rings. The highest BCUT2D eigenvalue weighted by Crippen LogP contribution is 2.35. The van der Waals surface area contributed by atoms with Crippen molar-refractivity contribution in [3.05, 3.63) is 0 Å². The van der Waals surface area contributed by atoms with Crippen LogP contribution in [-0.2, 0) is 0 Å². The van der Waals surface area contributed by atoms with E-state index < -0.39 is 0 Å². The van der Waals surface area contributed by atoms with Crippen molar-refractivity contribution < 1.29 is 0 Å². The van der Waals surface area contributed by atoms with Crippen molar-refractivity contribution >= 4 is 23.5 Å². The zero-order chi connectivity index (χ0) is 11.4. The molecule has 2 atom stereocenters. The Bertz CT molecular complexity index is 212. The smallest absolute Gasteiger partial charge is 0.0263 e. The zero-order valence-electron chi connectivity index (χ0n) is 10.6. The molecule has 1 N–H and O–H groups in total. The molecule has 1 saturated carbocycles. The molecule has 0 bridgehead atoms. The SMILES string of the molecule is CC1(C)CCCCC1NCC1CSCCS1. The first kappa shape index (κ1) is 13.1. The molecule has 0 aromatic carbocycles. The van der Waals surface area contributed by atoms with Crippen molar-refractivity contribution in [2.75, 3.05) is 23.8 Å². The molecule has 0 amide bonds. The summed E-state index contributed by atoms with van der Waals surface area (Å²) in [5.41, 5.74) is 0.519. The maximum atomic E-state index is 3.85. The molecular formula is C13H25NS2. The van der Waals surface area contributed by atoms with Crippen molar-refractivity contribution in [2.45, 2.75) is 50.8 Å². The first-order valence-corrected chi connectivity index (χ1v) is 8.81. The summed E-state index contributed by atoms with van der Waals surface area (Å²) in [6.45, 7) is 6.10. The topological polar surface area (TPSA) is 12.0 Å². The third-order valence-corrected chi connectivity index (χ3v) is 6.83. The van der Waals surface area contributed by atoms with Crippen LogP contribution in [0.4, 0.5) is 0 Å². The van der Waals surface area contributed by atoms with Crippen LogP contribution < -0.4 is 5.32 Å². The highest BCUT2D eigenvalue weighted by atomic mass is 32.2. The van der Waals surface area contributed by atoms with Gasteiger partial charge in [-0.25, -0.2) is 0 Å². The quantitative estimate of drug-likeness (QED) is 0.834. The van der Waals surface area contributed by atoms with Crippen LogP contribution in [0.3, 0.4) is 0 Å². The van der Waals surface area contributed by atoms with Crippen molar-refractivity contribution in [3.8, 4) is 0 Å². The summed E-state index contributed by atoms with van der Waals surface area (Å²) in [4.78, 5) is 0. The molecule has 3 heteroatoms. The van der Waals surface area contributed by atoms with Gasteiger partial charge >= 0.3 is 0 Å². The predicted octanol–water partition coefficient (Wildman–Crippen LogP) is 3.39. The second-order valence-corrected chi connectivity index (χ2v) is 8.32. The average molecular weight is 259 g/mol. The summed E-state index contributed by atoms with van der Waals surface area (Å²) < 4.78 is 0. The van der Waals surface area contributed by atoms with Gasteiger partial charge in [-0.15, -0.1) is 0 Å². The van der Waals surface area contributed by atoms with Gasteiger partial charge in [-0.05, 0) is 18.3 Å². The van der Waals surface area contributed by atoms with E-state index >= 15 is 0 Å². The third-order valence-electron chi connectivity index (χ3n) is 3.98. The molecule has 0 aromatic heterocycles. The van der Waals surface area contributed by atoms with Crippen molar-refractivity contribution in [1.82, 2.24) is 5.32 Å². The van der Waals surface area contributed by atoms with Crippen molar-refractivity contribution in [2.24, 2.45) is 5.41 Å². The van der Waals surface area contributed by atoms with Gasteiger partial charge in [-0.2, -0.15) is 23.5 Å². The largest absolute Gasteiger partial charge is 0.312 e. The molecule has 1 saturated heterocycles. The fourth-order valence-corrected chi connectivity index (χ4v) is 5.43. The Morgan fingerprint density at radius 2 is 2.12 bits per heavy atom. The molecule has 1 aliphatic heterocycles. The van der Waals surface area contributed by atoms with Gasteiger partial charge in [-0.1, -0.05) is 26.7 Å². The molecule has 0 radical (unpaired) electrons. The van der Waals surface area contributed by atoms with Crippen molar-refractivity contribution in [3.63, 3.8) is 0 Å². The van der Waals surface area contributed by atoms with Gasteiger partial charge < -0.3 is 5.32 Å². The molecule has 1 nitrogen and oxygen atoms in total. The van der Waals surface area contributed by atoms with Gasteiger partial charge in [0, 0.05) is 35.1 Å². The molecule has 2 unspecified atom stereocenters. The van der Waals surface area contributed by atoms with Gasteiger partial charge in [0.05, 0.1) is 0 Å². The van der Waals surface area contributed by atoms with E-state index in [0.717, 1.165) is 11.3 Å². The lowest BCUT2D eigenvalue weighted by molar-refractivity contribution is 0.169. The van der Waals surface area contributed by atoms with Crippen LogP contribution in [-0.4, -0.2) is 35.1 Å². The van der Waals surface area contributed by atoms with Gasteiger partial charge in [0.1, 0.15) is 0 Å². The molecule has 2 rings (SSSR count). The average Bonchev–Trinajstić information content (AvgIpc) is 2.28. The van der Waals surface area contributed by atoms with Crippen LogP contribution in [0.5, 0.6) is 0 Å². The number of hydrogen-bond acceptors (Lipinski definition) is 3. The molecule has 0 spiro atoms. The van der Waals surface area contributed by atoms with Crippen LogP contribution in [0.1, 0.15) is 39.5 Å². The van der Waals surface area contributed by atoms with Gasteiger partial charge in [0.15, 0.2) is 0 Å². The maximum absolute atomic E-state index is 3.85. The minimum absolute atomic E-state index is 0.519. The Morgan fingerprint density at radius 1 is 1.25 bits per heavy atom. The van der Waals surface area contributed by atoms with E-state index in [1.54, 1.807) is 0 Å². The summed E-state index contributed by atoms with van der Waals surface area (Å²) >= 11 is 4.30. The fourth-order valence-electron chi connectivity index (χ4n) is 2.80. The molecule has 16 heavy (non-hydrogen) atoms. The van der Waals surface area contributed by atoms with E-state index in [1.165, 1.54) is 49.5 Å². The number of rotatable bonds is 3. The van der Waals surface area contributed by atoms with E-state index in [9.17, 15) is 0 Å². The molecule has 2 aliphatic rings. The van der Waals surface area contributed by atoms with Crippen LogP contribution in [0, 0.1) is 5.41 Å². The monoisotopic (exact) mass is 259 g/mol. The van der Waals surface area contributed by atoms with Crippen LogP contribution >= 0.6 is 23.5 Å². The zero-order valence-corrected chi connectivity index (χ0v) is 12.3. The Hall–Kier alpha value is 0.660. The fraction of sp³-hybridized carbons (Fsp3) is 1.00. The summed E-state index contributed by atoms with van der Waals surface area (Å²) in [6, 6.07) is 0.758. The Labute approximate surface area is 109 Å². The number of thioether (sulfide) groups is 2. The van der Waals surface area contributed by atoms with E-state index in [-0.39, 0.29) is 0 Å². The second-order valence-electron chi connectivity index (χ2n) is 5.76.